The number of carboxylic acid groups (broad SMARTS) is 1. The van der Waals surface area contributed by atoms with Crippen LogP contribution in [0.1, 0.15) is 145 Å². The lowest BCUT2D eigenvalue weighted by Gasteiger charge is -2.32. The number of benzene rings is 2. The molecule has 0 radical (unpaired) electrons. The molecule has 0 atom stereocenters. The first-order valence-corrected chi connectivity index (χ1v) is 17.1. The van der Waals surface area contributed by atoms with Gasteiger partial charge in [-0.1, -0.05) is 89.2 Å². The van der Waals surface area contributed by atoms with Crippen LogP contribution < -0.4 is 4.74 Å². The first-order chi connectivity index (χ1) is 19.4. The molecule has 2 aromatic carbocycles. The molecule has 0 heterocycles. The zero-order valence-electron chi connectivity index (χ0n) is 29.2. The van der Waals surface area contributed by atoms with Crippen molar-refractivity contribution < 1.29 is 19.4 Å². The maximum atomic E-state index is 12.9. The number of hydrogen-bond acceptors (Lipinski definition) is 5. The zero-order valence-corrected chi connectivity index (χ0v) is 30.8. The van der Waals surface area contributed by atoms with Gasteiger partial charge in [0.25, 0.3) is 0 Å². The highest BCUT2D eigenvalue weighted by Gasteiger charge is 2.32. The van der Waals surface area contributed by atoms with E-state index in [-0.39, 0.29) is 45.0 Å². The Hall–Kier alpha value is -1.92. The molecule has 0 amide bonds. The number of carbonyl (C=O) groups excluding carboxylic acids is 1. The molecule has 0 saturated heterocycles. The minimum Gasteiger partial charge on any atom is -0.481 e. The maximum absolute atomic E-state index is 12.9. The molecular formula is C37H56O4S2. The third kappa shape index (κ3) is 10.9. The molecule has 2 rings (SSSR count). The second-order valence-corrected chi connectivity index (χ2v) is 19.6. The van der Waals surface area contributed by atoms with E-state index in [9.17, 15) is 9.59 Å². The smallest absolute Gasteiger partial charge is 0.311 e. The highest BCUT2D eigenvalue weighted by atomic mass is 32.2. The van der Waals surface area contributed by atoms with Crippen molar-refractivity contribution in [3.63, 3.8) is 0 Å². The van der Waals surface area contributed by atoms with E-state index in [1.54, 1.807) is 0 Å². The van der Waals surface area contributed by atoms with Crippen LogP contribution >= 0.6 is 23.5 Å². The second-order valence-electron chi connectivity index (χ2n) is 15.9. The molecule has 0 spiro atoms. The van der Waals surface area contributed by atoms with E-state index >= 15 is 0 Å². The molecule has 43 heavy (non-hydrogen) atoms. The summed E-state index contributed by atoms with van der Waals surface area (Å²) in [5.74, 6) is -0.687. The fourth-order valence-electron chi connectivity index (χ4n) is 4.71. The van der Waals surface area contributed by atoms with Crippen molar-refractivity contribution in [3.05, 3.63) is 52.6 Å². The minimum absolute atomic E-state index is 0.0498. The number of aliphatic carboxylic acids is 1. The van der Waals surface area contributed by atoms with Crippen LogP contribution in [0.2, 0.25) is 0 Å². The molecule has 4 nitrogen and oxygen atoms in total. The molecule has 0 aromatic heterocycles. The summed E-state index contributed by atoms with van der Waals surface area (Å²) < 4.78 is 5.87. The van der Waals surface area contributed by atoms with Crippen molar-refractivity contribution in [1.29, 1.82) is 0 Å². The number of ether oxygens (including phenoxy) is 1. The summed E-state index contributed by atoms with van der Waals surface area (Å²) in [6.07, 6.45) is 1.36. The summed E-state index contributed by atoms with van der Waals surface area (Å²) in [5.41, 5.74) is 4.31. The lowest BCUT2D eigenvalue weighted by molar-refractivity contribution is -0.137. The van der Waals surface area contributed by atoms with E-state index in [1.165, 1.54) is 16.0 Å². The van der Waals surface area contributed by atoms with Crippen LogP contribution in [0, 0.1) is 0 Å². The standard InChI is InChI=1S/C37H56O4S2/c1-15-36(11,12)25-19-24(33(2,3)4)20-26(21-25)42-37(13,14)43-27-22-28(34(5,6)7)32(29(23-27)35(8,9)10)41-31(40)18-16-17-30(38)39/h19-23H,15-18H2,1-14H3,(H,38,39). The average molecular weight is 629 g/mol. The Labute approximate surface area is 270 Å². The third-order valence-electron chi connectivity index (χ3n) is 7.83. The molecule has 0 fully saturated rings. The van der Waals surface area contributed by atoms with E-state index in [0.29, 0.717) is 5.75 Å². The van der Waals surface area contributed by atoms with Gasteiger partial charge in [-0.3, -0.25) is 9.59 Å². The molecule has 2 aromatic rings. The molecule has 0 aliphatic rings. The number of rotatable bonds is 11. The first kappa shape index (κ1) is 37.3. The summed E-state index contributed by atoms with van der Waals surface area (Å²) in [5, 5.41) is 8.99. The molecule has 240 valence electrons. The van der Waals surface area contributed by atoms with Crippen molar-refractivity contribution in [2.24, 2.45) is 0 Å². The third-order valence-corrected chi connectivity index (χ3v) is 10.3. The maximum Gasteiger partial charge on any atom is 0.311 e. The van der Waals surface area contributed by atoms with E-state index < -0.39 is 11.9 Å². The van der Waals surface area contributed by atoms with Crippen LogP contribution in [0.4, 0.5) is 0 Å². The highest BCUT2D eigenvalue weighted by Crippen LogP contribution is 2.50. The van der Waals surface area contributed by atoms with Gasteiger partial charge in [0.05, 0.1) is 4.08 Å². The Morgan fingerprint density at radius 2 is 1.14 bits per heavy atom. The molecule has 0 saturated carbocycles. The summed E-state index contributed by atoms with van der Waals surface area (Å²) in [4.78, 5) is 26.2. The van der Waals surface area contributed by atoms with E-state index in [1.807, 2.05) is 23.5 Å². The van der Waals surface area contributed by atoms with Crippen LogP contribution in [0.3, 0.4) is 0 Å². The van der Waals surface area contributed by atoms with Gasteiger partial charge in [0.2, 0.25) is 0 Å². The largest absolute Gasteiger partial charge is 0.481 e. The van der Waals surface area contributed by atoms with Gasteiger partial charge >= 0.3 is 11.9 Å². The van der Waals surface area contributed by atoms with Crippen molar-refractivity contribution >= 4 is 35.5 Å². The Balaban J connectivity index is 2.56. The van der Waals surface area contributed by atoms with Gasteiger partial charge in [0.1, 0.15) is 5.75 Å². The first-order valence-electron chi connectivity index (χ1n) is 15.5. The van der Waals surface area contributed by atoms with Crippen molar-refractivity contribution in [3.8, 4) is 5.75 Å². The Bertz CT molecular complexity index is 1270. The molecule has 0 unspecified atom stereocenters. The SMILES string of the molecule is CCC(C)(C)c1cc(SC(C)(C)Sc2cc(C(C)(C)C)c(OC(=O)CCCC(=O)O)c(C(C)(C)C)c2)cc(C(C)(C)C)c1. The van der Waals surface area contributed by atoms with Crippen LogP contribution in [-0.4, -0.2) is 21.1 Å². The van der Waals surface area contributed by atoms with E-state index in [0.717, 1.165) is 22.4 Å². The van der Waals surface area contributed by atoms with Crippen molar-refractivity contribution in [2.75, 3.05) is 0 Å². The molecule has 0 aliphatic heterocycles. The fourth-order valence-corrected chi connectivity index (χ4v) is 7.31. The Kier molecular flexibility index (Phi) is 11.8. The average Bonchev–Trinajstić information content (AvgIpc) is 2.81. The van der Waals surface area contributed by atoms with Gasteiger partial charge in [-0.15, -0.1) is 23.5 Å². The lowest BCUT2D eigenvalue weighted by atomic mass is 9.78. The summed E-state index contributed by atoms with van der Waals surface area (Å²) in [6, 6.07) is 11.5. The highest BCUT2D eigenvalue weighted by molar-refractivity contribution is 8.18. The van der Waals surface area contributed by atoms with Gasteiger partial charge < -0.3 is 9.84 Å². The number of carboxylic acids is 1. The van der Waals surface area contributed by atoms with Crippen LogP contribution in [-0.2, 0) is 31.2 Å². The summed E-state index contributed by atoms with van der Waals surface area (Å²) >= 11 is 3.73. The van der Waals surface area contributed by atoms with Gasteiger partial charge in [-0.25, -0.2) is 0 Å². The number of carbonyl (C=O) groups is 2. The molecule has 6 heteroatoms. The van der Waals surface area contributed by atoms with Crippen LogP contribution in [0.25, 0.3) is 0 Å². The topological polar surface area (TPSA) is 63.6 Å². The Morgan fingerprint density at radius 1 is 0.674 bits per heavy atom. The number of hydrogen-bond donors (Lipinski definition) is 1. The van der Waals surface area contributed by atoms with Crippen LogP contribution in [0.15, 0.2) is 40.1 Å². The quantitative estimate of drug-likeness (QED) is 0.116. The van der Waals surface area contributed by atoms with E-state index in [2.05, 4.69) is 127 Å². The van der Waals surface area contributed by atoms with Gasteiger partial charge in [-0.05, 0) is 83.7 Å². The summed E-state index contributed by atoms with van der Waals surface area (Å²) in [6.45, 7) is 31.1. The molecule has 1 N–H and O–H groups in total. The number of esters is 1. The second kappa shape index (κ2) is 13.6. The normalized spacial score (nSPS) is 13.3. The minimum atomic E-state index is -0.907. The van der Waals surface area contributed by atoms with Crippen LogP contribution in [0.5, 0.6) is 5.75 Å². The zero-order chi connectivity index (χ0) is 33.2. The predicted molar refractivity (Wildman–Crippen MR) is 185 cm³/mol. The number of thioether (sulfide) groups is 2. The monoisotopic (exact) mass is 628 g/mol. The summed E-state index contributed by atoms with van der Waals surface area (Å²) in [7, 11) is 0. The molecule has 0 bridgehead atoms. The van der Waals surface area contributed by atoms with Gasteiger partial charge in [0.15, 0.2) is 0 Å². The Morgan fingerprint density at radius 3 is 1.56 bits per heavy atom. The van der Waals surface area contributed by atoms with Crippen molar-refractivity contribution in [1.82, 2.24) is 0 Å². The molecule has 0 aliphatic carbocycles. The van der Waals surface area contributed by atoms with E-state index in [4.69, 9.17) is 9.84 Å². The fraction of sp³-hybridized carbons (Fsp3) is 0.622. The lowest BCUT2D eigenvalue weighted by Crippen LogP contribution is -2.22. The van der Waals surface area contributed by atoms with Crippen molar-refractivity contribution in [2.45, 2.75) is 158 Å². The predicted octanol–water partition coefficient (Wildman–Crippen LogP) is 11.0. The van der Waals surface area contributed by atoms with Gasteiger partial charge in [0, 0.05) is 33.8 Å². The van der Waals surface area contributed by atoms with Gasteiger partial charge in [-0.2, -0.15) is 0 Å². The molecular weight excluding hydrogens is 573 g/mol.